The van der Waals surface area contributed by atoms with Gasteiger partial charge in [-0.15, -0.1) is 0 Å². The number of carbonyl (C=O) groups is 1. The minimum Gasteiger partial charge on any atom is -0.289 e. The summed E-state index contributed by atoms with van der Waals surface area (Å²) in [6.07, 6.45) is 3.13. The summed E-state index contributed by atoms with van der Waals surface area (Å²) in [5.41, 5.74) is 2.59. The van der Waals surface area contributed by atoms with Gasteiger partial charge < -0.3 is 0 Å². The summed E-state index contributed by atoms with van der Waals surface area (Å²) in [6, 6.07) is 9.61. The molecule has 0 fully saturated rings. The third kappa shape index (κ3) is 2.05. The molecule has 98 valence electrons. The Hall–Kier alpha value is -2.62. The lowest BCUT2D eigenvalue weighted by atomic mass is 10.00. The molecular weight excluding hydrogens is 255 g/mol. The van der Waals surface area contributed by atoms with Crippen LogP contribution in [0.3, 0.4) is 0 Å². The summed E-state index contributed by atoms with van der Waals surface area (Å²) >= 11 is 0. The van der Waals surface area contributed by atoms with Crippen molar-refractivity contribution in [3.05, 3.63) is 71.3 Å². The van der Waals surface area contributed by atoms with Crippen molar-refractivity contribution in [2.75, 3.05) is 0 Å². The number of halogens is 1. The molecule has 0 spiro atoms. The molecule has 0 bridgehead atoms. The van der Waals surface area contributed by atoms with Gasteiger partial charge in [-0.05, 0) is 42.8 Å². The quantitative estimate of drug-likeness (QED) is 0.668. The molecule has 3 nitrogen and oxygen atoms in total. The first kappa shape index (κ1) is 12.4. The molecule has 1 aromatic heterocycles. The predicted molar refractivity (Wildman–Crippen MR) is 74.1 cm³/mol. The smallest absolute Gasteiger partial charge is 0.195 e. The van der Waals surface area contributed by atoms with Crippen LogP contribution >= 0.6 is 0 Å². The van der Waals surface area contributed by atoms with Crippen LogP contribution < -0.4 is 0 Å². The topological polar surface area (TPSA) is 42.9 Å². The van der Waals surface area contributed by atoms with Gasteiger partial charge in [0.05, 0.1) is 16.6 Å². The second-order valence-electron chi connectivity index (χ2n) is 4.52. The molecule has 0 aliphatic rings. The van der Waals surface area contributed by atoms with Crippen molar-refractivity contribution in [1.29, 1.82) is 0 Å². The van der Waals surface area contributed by atoms with Crippen LogP contribution in [-0.2, 0) is 0 Å². The van der Waals surface area contributed by atoms with Gasteiger partial charge in [-0.25, -0.2) is 4.39 Å². The highest BCUT2D eigenvalue weighted by Gasteiger charge is 2.14. The SMILES string of the molecule is Cc1cc(C(=O)c2cccc3nccnc23)ccc1F. The van der Waals surface area contributed by atoms with E-state index < -0.39 is 0 Å². The zero-order valence-corrected chi connectivity index (χ0v) is 10.8. The first-order valence-electron chi connectivity index (χ1n) is 6.17. The largest absolute Gasteiger partial charge is 0.289 e. The van der Waals surface area contributed by atoms with Crippen molar-refractivity contribution >= 4 is 16.8 Å². The molecular formula is C16H11FN2O. The van der Waals surface area contributed by atoms with E-state index in [0.717, 1.165) is 0 Å². The standard InChI is InChI=1S/C16H11FN2O/c1-10-9-11(5-6-13(10)17)16(20)12-3-2-4-14-15(12)19-8-7-18-14/h2-9H,1H3. The highest BCUT2D eigenvalue weighted by atomic mass is 19.1. The Kier molecular flexibility index (Phi) is 2.99. The fraction of sp³-hybridized carbons (Fsp3) is 0.0625. The summed E-state index contributed by atoms with van der Waals surface area (Å²) in [6.45, 7) is 1.63. The molecule has 0 N–H and O–H groups in total. The van der Waals surface area contributed by atoms with Gasteiger partial charge in [0.2, 0.25) is 0 Å². The summed E-state index contributed by atoms with van der Waals surface area (Å²) in [4.78, 5) is 20.9. The number of hydrogen-bond donors (Lipinski definition) is 0. The normalized spacial score (nSPS) is 10.7. The number of aromatic nitrogens is 2. The number of nitrogens with zero attached hydrogens (tertiary/aromatic N) is 2. The van der Waals surface area contributed by atoms with E-state index in [-0.39, 0.29) is 11.6 Å². The lowest BCUT2D eigenvalue weighted by Gasteiger charge is -2.05. The fourth-order valence-corrected chi connectivity index (χ4v) is 2.12. The van der Waals surface area contributed by atoms with Crippen LogP contribution in [0.2, 0.25) is 0 Å². The Bertz CT molecular complexity index is 809. The number of rotatable bonds is 2. The van der Waals surface area contributed by atoms with Crippen LogP contribution in [0.25, 0.3) is 11.0 Å². The number of aryl methyl sites for hydroxylation is 1. The maximum atomic E-state index is 13.3. The van der Waals surface area contributed by atoms with Gasteiger partial charge in [0, 0.05) is 18.0 Å². The lowest BCUT2D eigenvalue weighted by Crippen LogP contribution is -2.04. The van der Waals surface area contributed by atoms with E-state index in [1.807, 2.05) is 0 Å². The maximum absolute atomic E-state index is 13.3. The van der Waals surface area contributed by atoms with E-state index in [1.165, 1.54) is 12.1 Å². The highest BCUT2D eigenvalue weighted by Crippen LogP contribution is 2.19. The minimum atomic E-state index is -0.320. The Labute approximate surface area is 115 Å². The Morgan fingerprint density at radius 1 is 1.10 bits per heavy atom. The average Bonchev–Trinajstić information content (AvgIpc) is 2.49. The van der Waals surface area contributed by atoms with E-state index in [0.29, 0.717) is 27.7 Å². The molecule has 0 aliphatic carbocycles. The second-order valence-corrected chi connectivity index (χ2v) is 4.52. The van der Waals surface area contributed by atoms with Crippen molar-refractivity contribution in [1.82, 2.24) is 9.97 Å². The Morgan fingerprint density at radius 3 is 2.70 bits per heavy atom. The maximum Gasteiger partial charge on any atom is 0.195 e. The molecule has 2 aromatic carbocycles. The first-order valence-corrected chi connectivity index (χ1v) is 6.17. The van der Waals surface area contributed by atoms with E-state index in [2.05, 4.69) is 9.97 Å². The van der Waals surface area contributed by atoms with Gasteiger partial charge in [0.15, 0.2) is 5.78 Å². The number of fused-ring (bicyclic) bond motifs is 1. The van der Waals surface area contributed by atoms with Gasteiger partial charge >= 0.3 is 0 Å². The van der Waals surface area contributed by atoms with Gasteiger partial charge in [-0.3, -0.25) is 14.8 Å². The van der Waals surface area contributed by atoms with Crippen molar-refractivity contribution in [3.8, 4) is 0 Å². The lowest BCUT2D eigenvalue weighted by molar-refractivity contribution is 0.104. The van der Waals surface area contributed by atoms with Crippen molar-refractivity contribution in [2.45, 2.75) is 6.92 Å². The molecule has 0 amide bonds. The zero-order valence-electron chi connectivity index (χ0n) is 10.8. The molecule has 3 rings (SSSR count). The summed E-state index contributed by atoms with van der Waals surface area (Å²) in [5, 5.41) is 0. The van der Waals surface area contributed by atoms with E-state index >= 15 is 0 Å². The van der Waals surface area contributed by atoms with E-state index in [9.17, 15) is 9.18 Å². The Morgan fingerprint density at radius 2 is 1.90 bits per heavy atom. The number of ketones is 1. The molecule has 1 heterocycles. The molecule has 20 heavy (non-hydrogen) atoms. The van der Waals surface area contributed by atoms with Gasteiger partial charge in [0.1, 0.15) is 5.82 Å². The highest BCUT2D eigenvalue weighted by molar-refractivity contribution is 6.15. The molecule has 0 unspecified atom stereocenters. The third-order valence-electron chi connectivity index (χ3n) is 3.16. The zero-order chi connectivity index (χ0) is 14.1. The molecule has 0 aliphatic heterocycles. The van der Waals surface area contributed by atoms with E-state index in [1.54, 1.807) is 43.6 Å². The monoisotopic (exact) mass is 266 g/mol. The number of benzene rings is 2. The summed E-state index contributed by atoms with van der Waals surface area (Å²) in [7, 11) is 0. The molecule has 0 saturated carbocycles. The third-order valence-corrected chi connectivity index (χ3v) is 3.16. The van der Waals surface area contributed by atoms with Crippen LogP contribution in [0.15, 0.2) is 48.8 Å². The van der Waals surface area contributed by atoms with Gasteiger partial charge in [-0.2, -0.15) is 0 Å². The fourth-order valence-electron chi connectivity index (χ4n) is 2.12. The van der Waals surface area contributed by atoms with Gasteiger partial charge in [0.25, 0.3) is 0 Å². The molecule has 0 atom stereocenters. The van der Waals surface area contributed by atoms with Gasteiger partial charge in [-0.1, -0.05) is 6.07 Å². The number of hydrogen-bond acceptors (Lipinski definition) is 3. The predicted octanol–water partition coefficient (Wildman–Crippen LogP) is 3.31. The van der Waals surface area contributed by atoms with Crippen molar-refractivity contribution in [3.63, 3.8) is 0 Å². The molecule has 3 aromatic rings. The average molecular weight is 266 g/mol. The minimum absolute atomic E-state index is 0.181. The molecule has 0 saturated heterocycles. The first-order chi connectivity index (χ1) is 9.66. The molecule has 0 radical (unpaired) electrons. The second kappa shape index (κ2) is 4.81. The number of para-hydroxylation sites is 1. The van der Waals surface area contributed by atoms with Crippen LogP contribution in [0, 0.1) is 12.7 Å². The van der Waals surface area contributed by atoms with Crippen LogP contribution in [0.1, 0.15) is 21.5 Å². The summed E-state index contributed by atoms with van der Waals surface area (Å²) in [5.74, 6) is -0.501. The van der Waals surface area contributed by atoms with Crippen molar-refractivity contribution < 1.29 is 9.18 Å². The molecule has 4 heteroatoms. The number of carbonyl (C=O) groups excluding carboxylic acids is 1. The summed E-state index contributed by atoms with van der Waals surface area (Å²) < 4.78 is 13.3. The van der Waals surface area contributed by atoms with Crippen molar-refractivity contribution in [2.24, 2.45) is 0 Å². The van der Waals surface area contributed by atoms with E-state index in [4.69, 9.17) is 0 Å². The Balaban J connectivity index is 2.15. The van der Waals surface area contributed by atoms with Crippen LogP contribution in [0.4, 0.5) is 4.39 Å². The van der Waals surface area contributed by atoms with Crippen LogP contribution in [-0.4, -0.2) is 15.8 Å². The van der Waals surface area contributed by atoms with Crippen LogP contribution in [0.5, 0.6) is 0 Å².